The second kappa shape index (κ2) is 3.74. The van der Waals surface area contributed by atoms with Gasteiger partial charge in [0.15, 0.2) is 0 Å². The Kier molecular flexibility index (Phi) is 2.90. The highest BCUT2D eigenvalue weighted by Gasteiger charge is 2.18. The lowest BCUT2D eigenvalue weighted by molar-refractivity contribution is 0.651. The van der Waals surface area contributed by atoms with Gasteiger partial charge in [-0.05, 0) is 25.2 Å². The quantitative estimate of drug-likeness (QED) is 0.553. The van der Waals surface area contributed by atoms with Crippen molar-refractivity contribution in [1.82, 2.24) is 0 Å². The van der Waals surface area contributed by atoms with Crippen LogP contribution in [0.2, 0.25) is 0 Å². The van der Waals surface area contributed by atoms with Crippen molar-refractivity contribution in [3.8, 4) is 0 Å². The minimum atomic E-state index is 0.437. The second-order valence-corrected chi connectivity index (χ2v) is 3.00. The van der Waals surface area contributed by atoms with Gasteiger partial charge in [-0.15, -0.1) is 0 Å². The van der Waals surface area contributed by atoms with Crippen LogP contribution in [0.3, 0.4) is 0 Å². The van der Waals surface area contributed by atoms with Crippen molar-refractivity contribution >= 4 is 0 Å². The number of hydrogen-bond acceptors (Lipinski definition) is 2. The lowest BCUT2D eigenvalue weighted by Gasteiger charge is -2.00. The van der Waals surface area contributed by atoms with Crippen molar-refractivity contribution < 1.29 is 0 Å². The Morgan fingerprint density at radius 2 is 2.20 bits per heavy atom. The highest BCUT2D eigenvalue weighted by molar-refractivity contribution is 4.94. The highest BCUT2D eigenvalue weighted by Crippen LogP contribution is 2.24. The molecule has 10 heavy (non-hydrogen) atoms. The highest BCUT2D eigenvalue weighted by atomic mass is 14.6. The third-order valence-electron chi connectivity index (χ3n) is 2.06. The summed E-state index contributed by atoms with van der Waals surface area (Å²) in [7, 11) is 0. The Morgan fingerprint density at radius 1 is 1.40 bits per heavy atom. The maximum atomic E-state index is 5.73. The Bertz CT molecular complexity index is 120. The molecule has 4 N–H and O–H groups in total. The molecule has 58 valence electrons. The number of rotatable bonds is 2. The molecule has 0 amide bonds. The van der Waals surface area contributed by atoms with E-state index in [1.54, 1.807) is 0 Å². The number of allylic oxidation sites excluding steroid dienone is 1. The molecule has 0 radical (unpaired) electrons. The van der Waals surface area contributed by atoms with Gasteiger partial charge < -0.3 is 11.5 Å². The summed E-state index contributed by atoms with van der Waals surface area (Å²) in [5.41, 5.74) is 11.1. The van der Waals surface area contributed by atoms with Crippen LogP contribution < -0.4 is 11.5 Å². The van der Waals surface area contributed by atoms with Crippen LogP contribution in [0.4, 0.5) is 0 Å². The summed E-state index contributed by atoms with van der Waals surface area (Å²) in [5.74, 6) is 0.707. The molecule has 0 aliphatic heterocycles. The first-order chi connectivity index (χ1) is 4.83. The maximum Gasteiger partial charge on any atom is 0.0106 e. The van der Waals surface area contributed by atoms with E-state index in [-0.39, 0.29) is 0 Å². The Hall–Kier alpha value is -0.340. The summed E-state index contributed by atoms with van der Waals surface area (Å²) in [6.07, 6.45) is 7.81. The van der Waals surface area contributed by atoms with Gasteiger partial charge in [-0.2, -0.15) is 0 Å². The third kappa shape index (κ3) is 2.12. The van der Waals surface area contributed by atoms with Crippen LogP contribution in [-0.4, -0.2) is 12.6 Å². The van der Waals surface area contributed by atoms with Gasteiger partial charge in [-0.1, -0.05) is 12.2 Å². The molecule has 0 aromatic heterocycles. The summed E-state index contributed by atoms with van der Waals surface area (Å²) in [5, 5.41) is 0. The molecule has 2 atom stereocenters. The molecule has 0 aromatic carbocycles. The molecule has 0 aromatic rings. The zero-order valence-electron chi connectivity index (χ0n) is 6.29. The summed E-state index contributed by atoms with van der Waals surface area (Å²) in [6, 6.07) is 0.437. The van der Waals surface area contributed by atoms with Gasteiger partial charge in [0.05, 0.1) is 0 Å². The zero-order chi connectivity index (χ0) is 7.40. The number of nitrogens with two attached hydrogens (primary N) is 2. The zero-order valence-corrected chi connectivity index (χ0v) is 6.29. The fourth-order valence-corrected chi connectivity index (χ4v) is 1.50. The fraction of sp³-hybridized carbons (Fsp3) is 0.750. The van der Waals surface area contributed by atoms with Gasteiger partial charge in [-0.3, -0.25) is 0 Å². The van der Waals surface area contributed by atoms with Gasteiger partial charge in [-0.25, -0.2) is 0 Å². The molecule has 0 heterocycles. The van der Waals surface area contributed by atoms with E-state index in [1.807, 2.05) is 6.08 Å². The van der Waals surface area contributed by atoms with Crippen LogP contribution in [0.5, 0.6) is 0 Å². The molecule has 1 aliphatic rings. The van der Waals surface area contributed by atoms with Crippen molar-refractivity contribution in [2.24, 2.45) is 17.4 Å². The van der Waals surface area contributed by atoms with Crippen molar-refractivity contribution in [2.45, 2.75) is 25.3 Å². The van der Waals surface area contributed by atoms with Crippen molar-refractivity contribution in [3.63, 3.8) is 0 Å². The second-order valence-electron chi connectivity index (χ2n) is 3.00. The van der Waals surface area contributed by atoms with E-state index in [0.717, 1.165) is 6.42 Å². The monoisotopic (exact) mass is 140 g/mol. The normalized spacial score (nSPS) is 33.8. The summed E-state index contributed by atoms with van der Waals surface area (Å²) in [6.45, 7) is 0.658. The van der Waals surface area contributed by atoms with Gasteiger partial charge in [0.2, 0.25) is 0 Å². The molecule has 1 fully saturated rings. The van der Waals surface area contributed by atoms with E-state index in [0.29, 0.717) is 18.5 Å². The molecule has 2 unspecified atom stereocenters. The van der Waals surface area contributed by atoms with Gasteiger partial charge in [0, 0.05) is 12.6 Å². The minimum absolute atomic E-state index is 0.437. The van der Waals surface area contributed by atoms with E-state index >= 15 is 0 Å². The van der Waals surface area contributed by atoms with E-state index < -0.39 is 0 Å². The molecule has 0 spiro atoms. The molecule has 1 saturated carbocycles. The molecule has 2 heteroatoms. The third-order valence-corrected chi connectivity index (χ3v) is 2.06. The first-order valence-corrected chi connectivity index (χ1v) is 3.95. The van der Waals surface area contributed by atoms with E-state index in [9.17, 15) is 0 Å². The predicted octanol–water partition coefficient (Wildman–Crippen LogP) is 0.629. The SMILES string of the molecule is NCC=CC1CCC(N)C1. The van der Waals surface area contributed by atoms with Crippen molar-refractivity contribution in [1.29, 1.82) is 0 Å². The fourth-order valence-electron chi connectivity index (χ4n) is 1.50. The standard InChI is InChI=1S/C8H16N2/c9-5-1-2-7-3-4-8(10)6-7/h1-2,7-8H,3-6,9-10H2. The van der Waals surface area contributed by atoms with Gasteiger partial charge in [0.1, 0.15) is 0 Å². The molecular weight excluding hydrogens is 124 g/mol. The summed E-state index contributed by atoms with van der Waals surface area (Å²) in [4.78, 5) is 0. The lowest BCUT2D eigenvalue weighted by Crippen LogP contribution is -2.14. The van der Waals surface area contributed by atoms with Crippen LogP contribution in [0.1, 0.15) is 19.3 Å². The molecular formula is C8H16N2. The van der Waals surface area contributed by atoms with Crippen molar-refractivity contribution in [3.05, 3.63) is 12.2 Å². The molecule has 0 saturated heterocycles. The lowest BCUT2D eigenvalue weighted by atomic mass is 10.1. The van der Waals surface area contributed by atoms with E-state index in [2.05, 4.69) is 6.08 Å². The van der Waals surface area contributed by atoms with E-state index in [4.69, 9.17) is 11.5 Å². The van der Waals surface area contributed by atoms with Crippen LogP contribution >= 0.6 is 0 Å². The van der Waals surface area contributed by atoms with Crippen LogP contribution in [-0.2, 0) is 0 Å². The Balaban J connectivity index is 2.24. The minimum Gasteiger partial charge on any atom is -0.328 e. The van der Waals surface area contributed by atoms with Crippen LogP contribution in [0, 0.1) is 5.92 Å². The smallest absolute Gasteiger partial charge is 0.0106 e. The van der Waals surface area contributed by atoms with Crippen LogP contribution in [0.15, 0.2) is 12.2 Å². The number of hydrogen-bond donors (Lipinski definition) is 2. The van der Waals surface area contributed by atoms with Crippen molar-refractivity contribution in [2.75, 3.05) is 6.54 Å². The average molecular weight is 140 g/mol. The van der Waals surface area contributed by atoms with Crippen LogP contribution in [0.25, 0.3) is 0 Å². The first-order valence-electron chi connectivity index (χ1n) is 3.95. The Morgan fingerprint density at radius 3 is 2.70 bits per heavy atom. The molecule has 2 nitrogen and oxygen atoms in total. The summed E-state index contributed by atoms with van der Waals surface area (Å²) >= 11 is 0. The van der Waals surface area contributed by atoms with Gasteiger partial charge >= 0.3 is 0 Å². The average Bonchev–Trinajstić information content (AvgIpc) is 2.31. The first kappa shape index (κ1) is 7.76. The van der Waals surface area contributed by atoms with Gasteiger partial charge in [0.25, 0.3) is 0 Å². The molecule has 1 rings (SSSR count). The summed E-state index contributed by atoms with van der Waals surface area (Å²) < 4.78 is 0. The topological polar surface area (TPSA) is 52.0 Å². The molecule has 1 aliphatic carbocycles. The predicted molar refractivity (Wildman–Crippen MR) is 43.5 cm³/mol. The molecule has 0 bridgehead atoms. The maximum absolute atomic E-state index is 5.73. The Labute approximate surface area is 62.3 Å². The van der Waals surface area contributed by atoms with E-state index in [1.165, 1.54) is 12.8 Å². The largest absolute Gasteiger partial charge is 0.328 e.